The monoisotopic (exact) mass is 283 g/mol. The molecule has 1 aromatic heterocycles. The lowest BCUT2D eigenvalue weighted by molar-refractivity contribution is 0.477. The Hall–Kier alpha value is -1.66. The van der Waals surface area contributed by atoms with Gasteiger partial charge in [-0.3, -0.25) is 0 Å². The summed E-state index contributed by atoms with van der Waals surface area (Å²) in [5.41, 5.74) is 6.07. The first kappa shape index (κ1) is 13.8. The van der Waals surface area contributed by atoms with Gasteiger partial charge in [-0.05, 0) is 42.8 Å². The van der Waals surface area contributed by atoms with Gasteiger partial charge in [-0.2, -0.15) is 0 Å². The zero-order valence-corrected chi connectivity index (χ0v) is 11.2. The molecule has 102 valence electrons. The van der Waals surface area contributed by atoms with E-state index in [1.54, 1.807) is 12.1 Å². The van der Waals surface area contributed by atoms with Gasteiger partial charge < -0.3 is 10.2 Å². The third-order valence-electron chi connectivity index (χ3n) is 2.80. The molecule has 19 heavy (non-hydrogen) atoms. The maximum Gasteiger partial charge on any atom is 0.180 e. The van der Waals surface area contributed by atoms with Gasteiger partial charge in [-0.25, -0.2) is 12.8 Å². The van der Waals surface area contributed by atoms with Crippen LogP contribution in [0.2, 0.25) is 0 Å². The van der Waals surface area contributed by atoms with Crippen molar-refractivity contribution >= 4 is 9.84 Å². The number of rotatable bonds is 4. The topological polar surface area (TPSA) is 73.3 Å². The number of aryl methyl sites for hydroxylation is 1. The number of sulfone groups is 1. The van der Waals surface area contributed by atoms with Crippen LogP contribution in [0.3, 0.4) is 0 Å². The molecule has 0 saturated carbocycles. The van der Waals surface area contributed by atoms with Crippen molar-refractivity contribution < 1.29 is 17.2 Å². The molecule has 0 bridgehead atoms. The van der Waals surface area contributed by atoms with Crippen LogP contribution in [-0.4, -0.2) is 14.2 Å². The Morgan fingerprint density at radius 1 is 1.37 bits per heavy atom. The average Bonchev–Trinajstić information content (AvgIpc) is 2.85. The predicted molar refractivity (Wildman–Crippen MR) is 68.8 cm³/mol. The third-order valence-corrected chi connectivity index (χ3v) is 4.57. The molecule has 4 nitrogen and oxygen atoms in total. The molecule has 0 amide bonds. The highest BCUT2D eigenvalue weighted by molar-refractivity contribution is 7.91. The average molecular weight is 283 g/mol. The van der Waals surface area contributed by atoms with Crippen molar-refractivity contribution in [2.45, 2.75) is 17.9 Å². The third kappa shape index (κ3) is 3.02. The second-order valence-corrected chi connectivity index (χ2v) is 6.35. The van der Waals surface area contributed by atoms with Gasteiger partial charge in [-0.1, -0.05) is 0 Å². The van der Waals surface area contributed by atoms with Crippen LogP contribution in [0, 0.1) is 12.7 Å². The van der Waals surface area contributed by atoms with E-state index in [1.807, 2.05) is 0 Å². The van der Waals surface area contributed by atoms with Crippen LogP contribution < -0.4 is 5.73 Å². The van der Waals surface area contributed by atoms with Crippen LogP contribution >= 0.6 is 0 Å². The fourth-order valence-corrected chi connectivity index (χ4v) is 3.19. The fourth-order valence-electron chi connectivity index (χ4n) is 1.73. The van der Waals surface area contributed by atoms with Gasteiger partial charge in [0.2, 0.25) is 0 Å². The van der Waals surface area contributed by atoms with E-state index in [4.69, 9.17) is 10.2 Å². The second kappa shape index (κ2) is 5.14. The van der Waals surface area contributed by atoms with Gasteiger partial charge in [0.1, 0.15) is 11.6 Å². The molecule has 0 aliphatic heterocycles. The van der Waals surface area contributed by atoms with Crippen LogP contribution in [0.4, 0.5) is 4.39 Å². The Morgan fingerprint density at radius 2 is 2.11 bits per heavy atom. The van der Waals surface area contributed by atoms with Crippen molar-refractivity contribution in [2.75, 3.05) is 5.75 Å². The zero-order chi connectivity index (χ0) is 14.0. The van der Waals surface area contributed by atoms with E-state index in [-0.39, 0.29) is 16.2 Å². The highest BCUT2D eigenvalue weighted by Crippen LogP contribution is 2.20. The van der Waals surface area contributed by atoms with Crippen molar-refractivity contribution in [1.29, 1.82) is 0 Å². The van der Waals surface area contributed by atoms with Crippen LogP contribution in [0.15, 0.2) is 45.9 Å². The molecule has 0 saturated heterocycles. The molecule has 2 N–H and O–H groups in total. The molecule has 0 aliphatic rings. The Morgan fingerprint density at radius 3 is 2.68 bits per heavy atom. The number of furan rings is 1. The lowest BCUT2D eigenvalue weighted by atomic mass is 10.2. The van der Waals surface area contributed by atoms with Crippen molar-refractivity contribution in [3.8, 4) is 0 Å². The van der Waals surface area contributed by atoms with Gasteiger partial charge in [0.15, 0.2) is 9.84 Å². The molecule has 1 heterocycles. The lowest BCUT2D eigenvalue weighted by Gasteiger charge is -2.10. The first-order chi connectivity index (χ1) is 8.90. The molecule has 0 spiro atoms. The van der Waals surface area contributed by atoms with Crippen molar-refractivity contribution in [3.63, 3.8) is 0 Å². The molecular formula is C13H14FNO3S. The van der Waals surface area contributed by atoms with Crippen LogP contribution in [0.5, 0.6) is 0 Å². The van der Waals surface area contributed by atoms with Crippen molar-refractivity contribution in [2.24, 2.45) is 5.73 Å². The number of nitrogens with two attached hydrogens (primary N) is 1. The fraction of sp³-hybridized carbons (Fsp3) is 0.231. The molecule has 0 fully saturated rings. The second-order valence-electron chi connectivity index (χ2n) is 4.31. The Balaban J connectivity index is 2.25. The number of hydrogen-bond donors (Lipinski definition) is 1. The highest BCUT2D eigenvalue weighted by Gasteiger charge is 2.22. The first-order valence-electron chi connectivity index (χ1n) is 5.68. The zero-order valence-electron chi connectivity index (χ0n) is 10.3. The molecule has 0 aliphatic carbocycles. The largest absolute Gasteiger partial charge is 0.468 e. The van der Waals surface area contributed by atoms with E-state index >= 15 is 0 Å². The quantitative estimate of drug-likeness (QED) is 0.873. The minimum Gasteiger partial charge on any atom is -0.468 e. The molecular weight excluding hydrogens is 269 g/mol. The van der Waals surface area contributed by atoms with Gasteiger partial charge in [0.05, 0.1) is 23.0 Å². The van der Waals surface area contributed by atoms with E-state index < -0.39 is 21.7 Å². The summed E-state index contributed by atoms with van der Waals surface area (Å²) in [5.74, 6) is -0.317. The number of benzene rings is 1. The molecule has 1 unspecified atom stereocenters. The predicted octanol–water partition coefficient (Wildman–Crippen LogP) is 2.20. The van der Waals surface area contributed by atoms with Crippen molar-refractivity contribution in [1.82, 2.24) is 0 Å². The van der Waals surface area contributed by atoms with Gasteiger partial charge in [0, 0.05) is 0 Å². The summed E-state index contributed by atoms with van der Waals surface area (Å²) in [7, 11) is -3.58. The van der Waals surface area contributed by atoms with Gasteiger partial charge >= 0.3 is 0 Å². The summed E-state index contributed by atoms with van der Waals surface area (Å²) in [4.78, 5) is 0.0633. The van der Waals surface area contributed by atoms with E-state index in [0.29, 0.717) is 5.76 Å². The van der Waals surface area contributed by atoms with Crippen LogP contribution in [0.1, 0.15) is 17.4 Å². The van der Waals surface area contributed by atoms with E-state index in [9.17, 15) is 12.8 Å². The summed E-state index contributed by atoms with van der Waals surface area (Å²) in [6, 6.07) is 6.21. The van der Waals surface area contributed by atoms with Crippen molar-refractivity contribution in [3.05, 3.63) is 53.7 Å². The summed E-state index contributed by atoms with van der Waals surface area (Å²) < 4.78 is 42.5. The van der Waals surface area contributed by atoms with E-state index in [2.05, 4.69) is 0 Å². The maximum absolute atomic E-state index is 13.1. The number of halogens is 1. The minimum atomic E-state index is -3.58. The summed E-state index contributed by atoms with van der Waals surface area (Å²) in [6.07, 6.45) is 1.43. The van der Waals surface area contributed by atoms with Gasteiger partial charge in [-0.15, -0.1) is 0 Å². The molecule has 1 atom stereocenters. The molecule has 1 aromatic carbocycles. The molecule has 0 radical (unpaired) electrons. The summed E-state index contributed by atoms with van der Waals surface area (Å²) in [5, 5.41) is 0. The van der Waals surface area contributed by atoms with Crippen LogP contribution in [-0.2, 0) is 9.84 Å². The Bertz CT molecular complexity index is 665. The SMILES string of the molecule is Cc1cc(S(=O)(=O)CC(N)c2ccco2)ccc1F. The highest BCUT2D eigenvalue weighted by atomic mass is 32.2. The summed E-state index contributed by atoms with van der Waals surface area (Å²) in [6.45, 7) is 1.51. The number of hydrogen-bond acceptors (Lipinski definition) is 4. The standard InChI is InChI=1S/C13H14FNO3S/c1-9-7-10(4-5-11(9)14)19(16,17)8-12(15)13-3-2-6-18-13/h2-7,12H,8,15H2,1H3. The maximum atomic E-state index is 13.1. The van der Waals surface area contributed by atoms with Gasteiger partial charge in [0.25, 0.3) is 0 Å². The summed E-state index contributed by atoms with van der Waals surface area (Å²) >= 11 is 0. The smallest absolute Gasteiger partial charge is 0.180 e. The lowest BCUT2D eigenvalue weighted by Crippen LogP contribution is -2.21. The Labute approximate surface area is 111 Å². The first-order valence-corrected chi connectivity index (χ1v) is 7.33. The molecule has 2 rings (SSSR count). The molecule has 6 heteroatoms. The van der Waals surface area contributed by atoms with E-state index in [0.717, 1.165) is 6.07 Å². The normalized spacial score (nSPS) is 13.4. The Kier molecular flexibility index (Phi) is 3.73. The van der Waals surface area contributed by atoms with E-state index in [1.165, 1.54) is 25.3 Å². The van der Waals surface area contributed by atoms with Crippen LogP contribution in [0.25, 0.3) is 0 Å². The molecule has 2 aromatic rings. The minimum absolute atomic E-state index is 0.0633.